The van der Waals surface area contributed by atoms with Crippen LogP contribution >= 0.6 is 11.6 Å². The standard InChI is InChI=1S/C7H14N4.C6H9ClN4.C5H10N4.2C2H6/c1-6-7(9)11(5-8)4-3-10(6)2;1-4-5-9-10-6(7)11(5)3-2-8-4;6-4-9-2-1-8-3-5(9)7;2*1-2/h5-6,8-9H,3-4H2,1-2H3;4,8H,2-3H2,1H3;4,6-8H,1-3H2;2*1-2H3. The van der Waals surface area contributed by atoms with E-state index < -0.39 is 0 Å². The third kappa shape index (κ3) is 10.0. The molecule has 2 unspecified atom stereocenters. The molecule has 4 rings (SSSR count). The number of piperazine rings is 2. The molecule has 13 heteroatoms. The SMILES string of the molecule is CC.CC.CC1C(=N)N(C=N)CCN1C.CC1NCCn2c(Cl)nnc21.N=CN1CCNCC1=N. The Bertz CT molecular complexity index is 780. The van der Waals surface area contributed by atoms with Gasteiger partial charge in [0.05, 0.1) is 31.3 Å². The van der Waals surface area contributed by atoms with Crippen molar-refractivity contribution in [1.82, 2.24) is 40.1 Å². The summed E-state index contributed by atoms with van der Waals surface area (Å²) in [5.41, 5.74) is 0. The highest BCUT2D eigenvalue weighted by Crippen LogP contribution is 2.17. The van der Waals surface area contributed by atoms with Crippen LogP contribution in [-0.4, -0.2) is 106 Å². The van der Waals surface area contributed by atoms with E-state index in [4.69, 9.17) is 33.2 Å². The lowest BCUT2D eigenvalue weighted by Crippen LogP contribution is -2.53. The van der Waals surface area contributed by atoms with Gasteiger partial charge in [-0.25, -0.2) is 0 Å². The molecule has 1 aromatic heterocycles. The Balaban J connectivity index is 0.000000464. The van der Waals surface area contributed by atoms with Crippen molar-refractivity contribution < 1.29 is 0 Å². The highest BCUT2D eigenvalue weighted by molar-refractivity contribution is 6.28. The van der Waals surface area contributed by atoms with E-state index in [0.717, 1.165) is 45.1 Å². The van der Waals surface area contributed by atoms with E-state index in [9.17, 15) is 0 Å². The highest BCUT2D eigenvalue weighted by Gasteiger charge is 2.24. The van der Waals surface area contributed by atoms with Gasteiger partial charge in [-0.05, 0) is 32.5 Å². The van der Waals surface area contributed by atoms with Crippen molar-refractivity contribution in [2.24, 2.45) is 0 Å². The number of nitrogens with zero attached hydrogens (tertiary/aromatic N) is 6. The molecule has 2 atom stereocenters. The maximum atomic E-state index is 7.62. The summed E-state index contributed by atoms with van der Waals surface area (Å²) in [7, 11) is 2.00. The van der Waals surface area contributed by atoms with Gasteiger partial charge in [-0.1, -0.05) is 27.7 Å². The fourth-order valence-corrected chi connectivity index (χ4v) is 3.46. The second-order valence-electron chi connectivity index (χ2n) is 7.46. The molecular weight excluding hydrogens is 468 g/mol. The van der Waals surface area contributed by atoms with Crippen molar-refractivity contribution in [3.8, 4) is 0 Å². The molecule has 4 heterocycles. The van der Waals surface area contributed by atoms with E-state index in [1.54, 1.807) is 9.80 Å². The predicted molar refractivity (Wildman–Crippen MR) is 146 cm³/mol. The van der Waals surface area contributed by atoms with E-state index >= 15 is 0 Å². The summed E-state index contributed by atoms with van der Waals surface area (Å²) in [6.07, 6.45) is 2.43. The van der Waals surface area contributed by atoms with Gasteiger partial charge < -0.3 is 20.4 Å². The van der Waals surface area contributed by atoms with E-state index in [1.165, 1.54) is 12.7 Å². The number of rotatable bonds is 2. The molecule has 200 valence electrons. The van der Waals surface area contributed by atoms with Crippen LogP contribution in [0.5, 0.6) is 0 Å². The first kappa shape index (κ1) is 32.6. The van der Waals surface area contributed by atoms with Crippen molar-refractivity contribution in [1.29, 1.82) is 21.6 Å². The lowest BCUT2D eigenvalue weighted by atomic mass is 10.2. The quantitative estimate of drug-likeness (QED) is 0.262. The number of nitrogens with one attached hydrogen (secondary N) is 6. The van der Waals surface area contributed by atoms with Gasteiger partial charge in [-0.2, -0.15) is 0 Å². The predicted octanol–water partition coefficient (Wildman–Crippen LogP) is 2.33. The molecule has 1 aromatic rings. The van der Waals surface area contributed by atoms with Crippen molar-refractivity contribution in [2.45, 2.75) is 60.2 Å². The third-order valence-corrected chi connectivity index (χ3v) is 5.73. The maximum absolute atomic E-state index is 7.62. The average molecular weight is 513 g/mol. The lowest BCUT2D eigenvalue weighted by molar-refractivity contribution is 0.253. The summed E-state index contributed by atoms with van der Waals surface area (Å²) >= 11 is 5.78. The molecule has 35 heavy (non-hydrogen) atoms. The highest BCUT2D eigenvalue weighted by atomic mass is 35.5. The van der Waals surface area contributed by atoms with E-state index in [2.05, 4.69) is 32.7 Å². The Labute approximate surface area is 215 Å². The summed E-state index contributed by atoms with van der Waals surface area (Å²) in [5.74, 6) is 1.94. The molecule has 2 saturated heterocycles. The largest absolute Gasteiger partial charge is 0.319 e. The van der Waals surface area contributed by atoms with Gasteiger partial charge in [0.15, 0.2) is 5.82 Å². The molecule has 0 amide bonds. The first-order chi connectivity index (χ1) is 16.8. The van der Waals surface area contributed by atoms with Crippen molar-refractivity contribution in [2.75, 3.05) is 46.3 Å². The number of hydrogen-bond acceptors (Lipinski definition) is 9. The minimum absolute atomic E-state index is 0.144. The zero-order valence-electron chi connectivity index (χ0n) is 22.3. The number of halogens is 1. The minimum atomic E-state index is 0.144. The Kier molecular flexibility index (Phi) is 16.7. The first-order valence-electron chi connectivity index (χ1n) is 12.2. The first-order valence-corrected chi connectivity index (χ1v) is 12.6. The molecule has 0 aromatic carbocycles. The fraction of sp³-hybridized carbons (Fsp3) is 0.727. The topological polar surface area (TPSA) is 160 Å². The van der Waals surface area contributed by atoms with Crippen LogP contribution in [0.25, 0.3) is 0 Å². The molecule has 0 spiro atoms. The Morgan fingerprint density at radius 2 is 1.54 bits per heavy atom. The van der Waals surface area contributed by atoms with Crippen molar-refractivity contribution in [3.05, 3.63) is 11.1 Å². The zero-order valence-corrected chi connectivity index (χ0v) is 23.1. The number of hydrogen-bond donors (Lipinski definition) is 6. The molecule has 2 fully saturated rings. The van der Waals surface area contributed by atoms with Crippen LogP contribution in [0.4, 0.5) is 0 Å². The number of fused-ring (bicyclic) bond motifs is 1. The molecule has 0 aliphatic carbocycles. The second kappa shape index (κ2) is 17.9. The molecular formula is C22H45ClN12. The van der Waals surface area contributed by atoms with Gasteiger partial charge in [-0.3, -0.25) is 31.1 Å². The van der Waals surface area contributed by atoms with Crippen LogP contribution in [-0.2, 0) is 6.54 Å². The Morgan fingerprint density at radius 3 is 2.06 bits per heavy atom. The minimum Gasteiger partial charge on any atom is -0.319 e. The molecule has 0 bridgehead atoms. The summed E-state index contributed by atoms with van der Waals surface area (Å²) in [5, 5.41) is 43.3. The maximum Gasteiger partial charge on any atom is 0.225 e. The van der Waals surface area contributed by atoms with Crippen molar-refractivity contribution >= 4 is 35.9 Å². The van der Waals surface area contributed by atoms with Crippen LogP contribution in [0.15, 0.2) is 0 Å². The zero-order chi connectivity index (χ0) is 27.0. The summed E-state index contributed by atoms with van der Waals surface area (Å²) in [6.45, 7) is 17.8. The van der Waals surface area contributed by atoms with Gasteiger partial charge >= 0.3 is 0 Å². The molecule has 0 radical (unpaired) electrons. The van der Waals surface area contributed by atoms with Crippen LogP contribution in [0, 0.1) is 21.6 Å². The summed E-state index contributed by atoms with van der Waals surface area (Å²) in [6, 6.07) is 0.411. The van der Waals surface area contributed by atoms with Crippen LogP contribution in [0.1, 0.15) is 53.4 Å². The third-order valence-electron chi connectivity index (χ3n) is 5.45. The normalized spacial score (nSPS) is 21.4. The molecule has 3 aliphatic rings. The van der Waals surface area contributed by atoms with Gasteiger partial charge in [0, 0.05) is 39.3 Å². The Hall–Kier alpha value is -2.41. The number of aromatic nitrogens is 3. The lowest BCUT2D eigenvalue weighted by Gasteiger charge is -2.36. The van der Waals surface area contributed by atoms with Crippen LogP contribution in [0.3, 0.4) is 0 Å². The second-order valence-corrected chi connectivity index (χ2v) is 7.80. The van der Waals surface area contributed by atoms with E-state index in [0.29, 0.717) is 23.5 Å². The Morgan fingerprint density at radius 1 is 0.914 bits per heavy atom. The van der Waals surface area contributed by atoms with Gasteiger partial charge in [0.1, 0.15) is 11.7 Å². The smallest absolute Gasteiger partial charge is 0.225 e. The summed E-state index contributed by atoms with van der Waals surface area (Å²) in [4.78, 5) is 5.41. The molecule has 0 saturated carbocycles. The van der Waals surface area contributed by atoms with Crippen LogP contribution in [0.2, 0.25) is 5.28 Å². The van der Waals surface area contributed by atoms with Gasteiger partial charge in [-0.15, -0.1) is 10.2 Å². The van der Waals surface area contributed by atoms with Crippen LogP contribution < -0.4 is 10.6 Å². The van der Waals surface area contributed by atoms with Gasteiger partial charge in [0.25, 0.3) is 0 Å². The van der Waals surface area contributed by atoms with E-state index in [-0.39, 0.29) is 12.1 Å². The average Bonchev–Trinajstić information content (AvgIpc) is 3.28. The molecule has 3 aliphatic heterocycles. The van der Waals surface area contributed by atoms with Gasteiger partial charge in [0.2, 0.25) is 5.28 Å². The number of amidine groups is 2. The fourth-order valence-electron chi connectivity index (χ4n) is 3.25. The van der Waals surface area contributed by atoms with E-state index in [1.807, 2.05) is 46.2 Å². The molecule has 12 nitrogen and oxygen atoms in total. The van der Waals surface area contributed by atoms with Crippen molar-refractivity contribution in [3.63, 3.8) is 0 Å². The molecule has 6 N–H and O–H groups in total. The number of likely N-dealkylation sites (N-methyl/N-ethyl adjacent to an activating group) is 1. The summed E-state index contributed by atoms with van der Waals surface area (Å²) < 4.78 is 1.93. The monoisotopic (exact) mass is 512 g/mol.